The van der Waals surface area contributed by atoms with Crippen LogP contribution in [-0.2, 0) is 19.1 Å². The maximum absolute atomic E-state index is 12.0. The predicted octanol–water partition coefficient (Wildman–Crippen LogP) is 2.77. The molecule has 2 rings (SSSR count). The van der Waals surface area contributed by atoms with E-state index in [-0.39, 0.29) is 30.1 Å². The molecule has 3 atom stereocenters. The second-order valence-corrected chi connectivity index (χ2v) is 6.70. The number of rotatable bonds is 4. The molecule has 140 valence electrons. The number of hydrogen-bond donors (Lipinski definition) is 2. The Labute approximate surface area is 145 Å². The van der Waals surface area contributed by atoms with Crippen LogP contribution in [0, 0.1) is 0 Å². The molecule has 0 aromatic carbocycles. The molecule has 2 aliphatic heterocycles. The van der Waals surface area contributed by atoms with Gasteiger partial charge in [-0.25, -0.2) is 0 Å². The van der Waals surface area contributed by atoms with Crippen LogP contribution in [-0.4, -0.2) is 30.1 Å². The molecule has 0 aromatic heterocycles. The third-order valence-corrected chi connectivity index (χ3v) is 4.74. The van der Waals surface area contributed by atoms with Gasteiger partial charge in [-0.1, -0.05) is 32.6 Å². The Kier molecular flexibility index (Phi) is 10.9. The van der Waals surface area contributed by atoms with E-state index in [0.717, 1.165) is 44.9 Å². The maximum Gasteiger partial charge on any atom is 0.306 e. The van der Waals surface area contributed by atoms with E-state index < -0.39 is 0 Å². The number of carbonyl (C=O) groups excluding carboxylic acids is 2. The van der Waals surface area contributed by atoms with Gasteiger partial charge in [0.05, 0.1) is 6.10 Å². The van der Waals surface area contributed by atoms with E-state index in [0.29, 0.717) is 19.3 Å². The average Bonchev–Trinajstić information content (AvgIpc) is 2.94. The lowest BCUT2D eigenvalue weighted by Gasteiger charge is -2.18. The summed E-state index contributed by atoms with van der Waals surface area (Å²) >= 11 is 0. The van der Waals surface area contributed by atoms with Gasteiger partial charge in [-0.05, 0) is 38.5 Å². The molecule has 2 heterocycles. The summed E-state index contributed by atoms with van der Waals surface area (Å²) in [5.41, 5.74) is 0. The van der Waals surface area contributed by atoms with Crippen molar-refractivity contribution in [2.75, 3.05) is 0 Å². The molecule has 24 heavy (non-hydrogen) atoms. The van der Waals surface area contributed by atoms with E-state index in [9.17, 15) is 9.59 Å². The SMILES string of the molecule is CCCCC[C@H]1CCCCC[C@H]2CC(=O)[C@@H](CCC(=O)O1)O2.NN. The van der Waals surface area contributed by atoms with Gasteiger partial charge in [0.15, 0.2) is 5.78 Å². The van der Waals surface area contributed by atoms with E-state index in [1.165, 1.54) is 12.8 Å². The Bertz CT molecular complexity index is 376. The molecular formula is C18H34N2O4. The van der Waals surface area contributed by atoms with Gasteiger partial charge in [-0.15, -0.1) is 0 Å². The van der Waals surface area contributed by atoms with Crippen LogP contribution in [0.25, 0.3) is 0 Å². The molecule has 0 amide bonds. The molecule has 2 bridgehead atoms. The lowest BCUT2D eigenvalue weighted by Crippen LogP contribution is -2.21. The monoisotopic (exact) mass is 342 g/mol. The number of unbranched alkanes of at least 4 members (excludes halogenated alkanes) is 2. The lowest BCUT2D eigenvalue weighted by molar-refractivity contribution is -0.150. The average molecular weight is 342 g/mol. The van der Waals surface area contributed by atoms with Crippen molar-refractivity contribution < 1.29 is 19.1 Å². The molecule has 2 saturated heterocycles. The first kappa shape index (κ1) is 21.1. The number of hydrogen-bond acceptors (Lipinski definition) is 6. The fraction of sp³-hybridized carbons (Fsp3) is 0.889. The molecule has 6 heteroatoms. The molecule has 0 spiro atoms. The van der Waals surface area contributed by atoms with Crippen LogP contribution in [0.4, 0.5) is 0 Å². The summed E-state index contributed by atoms with van der Waals surface area (Å²) in [6, 6.07) is 0. The van der Waals surface area contributed by atoms with E-state index in [4.69, 9.17) is 9.47 Å². The van der Waals surface area contributed by atoms with Gasteiger partial charge in [0.25, 0.3) is 0 Å². The fourth-order valence-electron chi connectivity index (χ4n) is 3.41. The van der Waals surface area contributed by atoms with Gasteiger partial charge in [0, 0.05) is 12.8 Å². The highest BCUT2D eigenvalue weighted by Crippen LogP contribution is 2.26. The van der Waals surface area contributed by atoms with Gasteiger partial charge >= 0.3 is 5.97 Å². The van der Waals surface area contributed by atoms with Gasteiger partial charge in [-0.3, -0.25) is 21.3 Å². The molecule has 0 radical (unpaired) electrons. The lowest BCUT2D eigenvalue weighted by atomic mass is 10.0. The summed E-state index contributed by atoms with van der Waals surface area (Å²) in [5, 5.41) is 0. The summed E-state index contributed by atoms with van der Waals surface area (Å²) in [7, 11) is 0. The minimum Gasteiger partial charge on any atom is -0.462 e. The van der Waals surface area contributed by atoms with Crippen molar-refractivity contribution in [1.29, 1.82) is 0 Å². The highest BCUT2D eigenvalue weighted by Gasteiger charge is 2.33. The second kappa shape index (κ2) is 12.4. The summed E-state index contributed by atoms with van der Waals surface area (Å²) in [4.78, 5) is 23.9. The van der Waals surface area contributed by atoms with E-state index >= 15 is 0 Å². The number of Topliss-reactive ketones (excluding diaryl/α,β-unsaturated/α-hetero) is 1. The first-order valence-electron chi connectivity index (χ1n) is 9.40. The van der Waals surface area contributed by atoms with Crippen molar-refractivity contribution in [3.05, 3.63) is 0 Å². The van der Waals surface area contributed by atoms with Gasteiger partial charge in [0.1, 0.15) is 12.2 Å². The number of hydrazine groups is 1. The highest BCUT2D eigenvalue weighted by atomic mass is 16.5. The van der Waals surface area contributed by atoms with Crippen molar-refractivity contribution in [2.45, 2.75) is 102 Å². The van der Waals surface area contributed by atoms with Crippen molar-refractivity contribution in [3.8, 4) is 0 Å². The summed E-state index contributed by atoms with van der Waals surface area (Å²) in [6.45, 7) is 2.18. The highest BCUT2D eigenvalue weighted by molar-refractivity contribution is 5.85. The van der Waals surface area contributed by atoms with Crippen molar-refractivity contribution >= 4 is 11.8 Å². The molecule has 4 N–H and O–H groups in total. The van der Waals surface area contributed by atoms with Crippen LogP contribution in [0.3, 0.4) is 0 Å². The molecule has 2 fully saturated rings. The quantitative estimate of drug-likeness (QED) is 0.352. The summed E-state index contributed by atoms with van der Waals surface area (Å²) in [5.74, 6) is 8.00. The van der Waals surface area contributed by atoms with Crippen LogP contribution in [0.1, 0.15) is 84.0 Å². The number of cyclic esters (lactones) is 1. The number of esters is 1. The van der Waals surface area contributed by atoms with Gasteiger partial charge < -0.3 is 9.47 Å². The number of nitrogens with two attached hydrogens (primary N) is 2. The van der Waals surface area contributed by atoms with Crippen LogP contribution in [0.2, 0.25) is 0 Å². The molecule has 0 aromatic rings. The van der Waals surface area contributed by atoms with Crippen molar-refractivity contribution in [1.82, 2.24) is 0 Å². The molecule has 2 aliphatic rings. The minimum atomic E-state index is -0.378. The number of carbonyl (C=O) groups is 2. The topological polar surface area (TPSA) is 105 Å². The molecular weight excluding hydrogens is 308 g/mol. The zero-order valence-corrected chi connectivity index (χ0v) is 15.0. The maximum atomic E-state index is 12.0. The summed E-state index contributed by atoms with van der Waals surface area (Å²) < 4.78 is 11.4. The number of ether oxygens (including phenoxy) is 2. The Morgan fingerprint density at radius 2 is 1.79 bits per heavy atom. The Morgan fingerprint density at radius 1 is 1.04 bits per heavy atom. The van der Waals surface area contributed by atoms with Crippen LogP contribution in [0.5, 0.6) is 0 Å². The van der Waals surface area contributed by atoms with Gasteiger partial charge in [-0.2, -0.15) is 0 Å². The third kappa shape index (κ3) is 7.73. The Hall–Kier alpha value is -0.980. The zero-order chi connectivity index (χ0) is 17.8. The van der Waals surface area contributed by atoms with Crippen LogP contribution < -0.4 is 11.7 Å². The third-order valence-electron chi connectivity index (χ3n) is 4.74. The Morgan fingerprint density at radius 3 is 2.54 bits per heavy atom. The predicted molar refractivity (Wildman–Crippen MR) is 93.0 cm³/mol. The van der Waals surface area contributed by atoms with E-state index in [1.54, 1.807) is 0 Å². The van der Waals surface area contributed by atoms with E-state index in [1.807, 2.05) is 0 Å². The van der Waals surface area contributed by atoms with Crippen molar-refractivity contribution in [3.63, 3.8) is 0 Å². The number of fused-ring (bicyclic) bond motifs is 2. The first-order chi connectivity index (χ1) is 11.7. The van der Waals surface area contributed by atoms with Crippen molar-refractivity contribution in [2.24, 2.45) is 11.7 Å². The Balaban J connectivity index is 0.00000139. The normalized spacial score (nSPS) is 28.7. The largest absolute Gasteiger partial charge is 0.462 e. The molecule has 6 nitrogen and oxygen atoms in total. The standard InChI is InChI=1S/C18H30O4.H4N2/c1-2-3-5-8-14-9-6-4-7-10-15-13-16(19)17(21-15)11-12-18(20)22-14;1-2/h14-15,17H,2-13H2,1H3;1-2H2/t14-,15-,17+;/m0./s1. The van der Waals surface area contributed by atoms with Gasteiger partial charge in [0.2, 0.25) is 0 Å². The number of ketones is 1. The molecule has 0 aliphatic carbocycles. The minimum absolute atomic E-state index is 0.0635. The molecule has 0 saturated carbocycles. The first-order valence-corrected chi connectivity index (χ1v) is 9.40. The zero-order valence-electron chi connectivity index (χ0n) is 15.0. The molecule has 0 unspecified atom stereocenters. The summed E-state index contributed by atoms with van der Waals surface area (Å²) in [6.07, 6.45) is 10.8. The smallest absolute Gasteiger partial charge is 0.306 e. The van der Waals surface area contributed by atoms with Crippen LogP contribution >= 0.6 is 0 Å². The fourth-order valence-corrected chi connectivity index (χ4v) is 3.41. The van der Waals surface area contributed by atoms with Crippen LogP contribution in [0.15, 0.2) is 0 Å². The van der Waals surface area contributed by atoms with E-state index in [2.05, 4.69) is 18.6 Å². The second-order valence-electron chi connectivity index (χ2n) is 6.70.